The molecule has 0 aliphatic rings. The molecule has 0 saturated heterocycles. The summed E-state index contributed by atoms with van der Waals surface area (Å²) in [5.74, 6) is 4.89. The summed E-state index contributed by atoms with van der Waals surface area (Å²) in [6, 6.07) is 3.22. The zero-order valence-corrected chi connectivity index (χ0v) is 6.58. The van der Waals surface area contributed by atoms with Gasteiger partial charge in [0.15, 0.2) is 4.87 Å². The Morgan fingerprint density at radius 2 is 2.30 bits per heavy atom. The van der Waals surface area contributed by atoms with Gasteiger partial charge >= 0.3 is 5.69 Å². The first-order valence-corrected chi connectivity index (χ1v) is 3.33. The number of hydrazine groups is 1. The average molecular weight is 203 g/mol. The number of aromatic nitrogens is 1. The van der Waals surface area contributed by atoms with Crippen LogP contribution in [0.15, 0.2) is 22.9 Å². The van der Waals surface area contributed by atoms with Gasteiger partial charge in [0.05, 0.1) is 4.91 Å². The lowest BCUT2D eigenvalue weighted by Gasteiger charge is -1.85. The molecule has 10 heavy (non-hydrogen) atoms. The summed E-state index contributed by atoms with van der Waals surface area (Å²) in [5, 5.41) is 0. The van der Waals surface area contributed by atoms with Gasteiger partial charge in [0.1, 0.15) is 10.8 Å². The second-order valence-corrected chi connectivity index (χ2v) is 2.48. The lowest BCUT2D eigenvalue weighted by Crippen LogP contribution is -2.08. The van der Waals surface area contributed by atoms with Gasteiger partial charge in [-0.15, -0.1) is 0 Å². The molecule has 5 heteroatoms. The van der Waals surface area contributed by atoms with Crippen molar-refractivity contribution in [3.05, 3.63) is 27.8 Å². The van der Waals surface area contributed by atoms with Gasteiger partial charge in [0.25, 0.3) is 0 Å². The predicted molar refractivity (Wildman–Crippen MR) is 39.4 cm³/mol. The predicted octanol–water partition coefficient (Wildman–Crippen LogP) is 1.13. The van der Waals surface area contributed by atoms with Crippen molar-refractivity contribution in [2.45, 2.75) is 0 Å². The number of halogens is 1. The molecule has 1 aromatic heterocycles. The van der Waals surface area contributed by atoms with Crippen LogP contribution in [0, 0.1) is 4.91 Å². The van der Waals surface area contributed by atoms with Gasteiger partial charge in [-0.25, -0.2) is 4.98 Å². The van der Waals surface area contributed by atoms with Crippen molar-refractivity contribution in [2.24, 2.45) is 5.84 Å². The van der Waals surface area contributed by atoms with E-state index >= 15 is 0 Å². The van der Waals surface area contributed by atoms with E-state index in [2.05, 4.69) is 20.9 Å². The maximum Gasteiger partial charge on any atom is 0.309 e. The fourth-order valence-corrected chi connectivity index (χ4v) is 0.733. The molecule has 0 atom stereocenters. The molecule has 0 amide bonds. The van der Waals surface area contributed by atoms with E-state index in [1.165, 1.54) is 6.20 Å². The first-order valence-electron chi connectivity index (χ1n) is 2.53. The van der Waals surface area contributed by atoms with E-state index in [-0.39, 0.29) is 4.87 Å². The van der Waals surface area contributed by atoms with Gasteiger partial charge in [-0.2, -0.15) is 5.84 Å². The standard InChI is InChI=1S/C5H5BrN3O/c6-5-2-1-4(3-8-5)9(7)10/h1-3H,(H2,7,10)/q+1. The van der Waals surface area contributed by atoms with Crippen LogP contribution in [-0.2, 0) is 0 Å². The summed E-state index contributed by atoms with van der Waals surface area (Å²) in [6.45, 7) is 0. The molecule has 0 unspecified atom stereocenters. The van der Waals surface area contributed by atoms with E-state index in [1.807, 2.05) is 0 Å². The van der Waals surface area contributed by atoms with Gasteiger partial charge in [-0.05, 0) is 22.0 Å². The van der Waals surface area contributed by atoms with Crippen LogP contribution in [0.2, 0.25) is 0 Å². The van der Waals surface area contributed by atoms with Crippen molar-refractivity contribution in [1.29, 1.82) is 0 Å². The highest BCUT2D eigenvalue weighted by Crippen LogP contribution is 2.10. The van der Waals surface area contributed by atoms with Crippen LogP contribution in [0.4, 0.5) is 5.69 Å². The average Bonchev–Trinajstić information content (AvgIpc) is 1.88. The third-order valence-electron chi connectivity index (χ3n) is 0.966. The number of hydrogen-bond donors (Lipinski definition) is 1. The van der Waals surface area contributed by atoms with Gasteiger partial charge in [0, 0.05) is 6.07 Å². The Morgan fingerprint density at radius 3 is 2.70 bits per heavy atom. The van der Waals surface area contributed by atoms with Crippen LogP contribution < -0.4 is 5.84 Å². The largest absolute Gasteiger partial charge is 0.309 e. The van der Waals surface area contributed by atoms with Gasteiger partial charge in [0.2, 0.25) is 0 Å². The Balaban J connectivity index is 3.00. The summed E-state index contributed by atoms with van der Waals surface area (Å²) >= 11 is 3.12. The highest BCUT2D eigenvalue weighted by Gasteiger charge is 2.06. The summed E-state index contributed by atoms with van der Waals surface area (Å²) in [6.07, 6.45) is 1.39. The summed E-state index contributed by atoms with van der Waals surface area (Å²) < 4.78 is 0.679. The molecule has 1 heterocycles. The van der Waals surface area contributed by atoms with E-state index < -0.39 is 0 Å². The van der Waals surface area contributed by atoms with Crippen LogP contribution >= 0.6 is 15.9 Å². The fourth-order valence-electron chi connectivity index (χ4n) is 0.498. The van der Waals surface area contributed by atoms with Crippen LogP contribution in [0.3, 0.4) is 0 Å². The minimum Gasteiger partial charge on any atom is -0.242 e. The molecule has 2 N–H and O–H groups in total. The zero-order valence-electron chi connectivity index (χ0n) is 4.99. The topological polar surface area (TPSA) is 59.0 Å². The van der Waals surface area contributed by atoms with Crippen LogP contribution in [0.5, 0.6) is 0 Å². The molecule has 52 valence electrons. The Morgan fingerprint density at radius 1 is 1.60 bits per heavy atom. The molecule has 0 saturated carbocycles. The maximum absolute atomic E-state index is 10.4. The minimum atomic E-state index is 0.263. The molecular formula is C5H5BrN3O+. The Bertz CT molecular complexity index is 246. The third kappa shape index (κ3) is 1.51. The molecule has 0 aliphatic carbocycles. The van der Waals surface area contributed by atoms with Crippen molar-refractivity contribution < 1.29 is 4.87 Å². The number of nitrogens with zero attached hydrogens (tertiary/aromatic N) is 2. The van der Waals surface area contributed by atoms with E-state index in [0.717, 1.165) is 0 Å². The van der Waals surface area contributed by atoms with Gasteiger partial charge in [-0.3, -0.25) is 0 Å². The third-order valence-corrected chi connectivity index (χ3v) is 1.44. The molecular weight excluding hydrogens is 198 g/mol. The molecule has 1 aromatic rings. The van der Waals surface area contributed by atoms with E-state index in [4.69, 9.17) is 5.84 Å². The summed E-state index contributed by atoms with van der Waals surface area (Å²) in [4.78, 5) is 14.5. The van der Waals surface area contributed by atoms with Crippen molar-refractivity contribution in [1.82, 2.24) is 4.98 Å². The quantitative estimate of drug-likeness (QED) is 0.322. The first-order chi connectivity index (χ1) is 4.70. The second kappa shape index (κ2) is 2.74. The Labute approximate surface area is 65.7 Å². The molecule has 0 bridgehead atoms. The lowest BCUT2D eigenvalue weighted by atomic mass is 10.4. The molecule has 0 spiro atoms. The summed E-state index contributed by atoms with van der Waals surface area (Å²) in [7, 11) is 0. The van der Waals surface area contributed by atoms with Crippen molar-refractivity contribution in [2.75, 3.05) is 0 Å². The molecule has 0 aromatic carbocycles. The number of nitrogens with two attached hydrogens (primary N) is 1. The SMILES string of the molecule is N[N+](=O)c1ccc(Br)nc1. The van der Waals surface area contributed by atoms with Gasteiger partial charge in [-0.1, -0.05) is 0 Å². The highest BCUT2D eigenvalue weighted by molar-refractivity contribution is 9.10. The van der Waals surface area contributed by atoms with E-state index in [0.29, 0.717) is 10.3 Å². The van der Waals surface area contributed by atoms with Crippen LogP contribution in [0.1, 0.15) is 0 Å². The maximum atomic E-state index is 10.4. The summed E-state index contributed by atoms with van der Waals surface area (Å²) in [5.41, 5.74) is 0.336. The molecule has 1 rings (SSSR count). The van der Waals surface area contributed by atoms with Crippen molar-refractivity contribution in [3.63, 3.8) is 0 Å². The highest BCUT2D eigenvalue weighted by atomic mass is 79.9. The number of nitroso groups, excluding NO2 is 1. The molecule has 4 nitrogen and oxygen atoms in total. The second-order valence-electron chi connectivity index (χ2n) is 1.66. The monoisotopic (exact) mass is 202 g/mol. The van der Waals surface area contributed by atoms with E-state index in [9.17, 15) is 4.91 Å². The minimum absolute atomic E-state index is 0.263. The number of hydrogen-bond acceptors (Lipinski definition) is 2. The van der Waals surface area contributed by atoms with Crippen molar-refractivity contribution >= 4 is 21.6 Å². The number of pyridine rings is 1. The lowest BCUT2D eigenvalue weighted by molar-refractivity contribution is -0.475. The van der Waals surface area contributed by atoms with Crippen LogP contribution in [-0.4, -0.2) is 9.85 Å². The smallest absolute Gasteiger partial charge is 0.242 e. The Hall–Kier alpha value is -0.970. The van der Waals surface area contributed by atoms with Crippen molar-refractivity contribution in [3.8, 4) is 0 Å². The van der Waals surface area contributed by atoms with Gasteiger partial charge < -0.3 is 0 Å². The Kier molecular flexibility index (Phi) is 1.96. The first kappa shape index (κ1) is 7.14. The number of rotatable bonds is 1. The molecule has 0 fully saturated rings. The van der Waals surface area contributed by atoms with E-state index in [1.54, 1.807) is 12.1 Å². The zero-order chi connectivity index (χ0) is 7.56. The molecule has 0 radical (unpaired) electrons. The normalized spacial score (nSPS) is 9.30. The fraction of sp³-hybridized carbons (Fsp3) is 0. The van der Waals surface area contributed by atoms with Crippen LogP contribution in [0.25, 0.3) is 0 Å². The molecule has 0 aliphatic heterocycles.